The zero-order valence-corrected chi connectivity index (χ0v) is 17.2. The molecule has 0 amide bonds. The van der Waals surface area contributed by atoms with Gasteiger partial charge in [-0.15, -0.1) is 24.8 Å². The Hall–Kier alpha value is -1.29. The van der Waals surface area contributed by atoms with Gasteiger partial charge in [0, 0.05) is 6.54 Å². The van der Waals surface area contributed by atoms with Gasteiger partial charge >= 0.3 is 6.18 Å². The highest BCUT2D eigenvalue weighted by atomic mass is 35.5. The zero-order chi connectivity index (χ0) is 18.6. The molecule has 1 aliphatic heterocycles. The number of halogens is 5. The molecule has 11 heteroatoms. The van der Waals surface area contributed by atoms with Crippen molar-refractivity contribution in [2.24, 2.45) is 10.7 Å². The van der Waals surface area contributed by atoms with Crippen molar-refractivity contribution in [2.45, 2.75) is 51.7 Å². The fraction of sp³-hybridized carbons (Fsp3) is 0.500. The van der Waals surface area contributed by atoms with E-state index in [1.807, 2.05) is 19.9 Å². The SMILES string of the molecule is CCCC(NCc1ccc2c(c1)N=C(N)C(C)O2)NC(=S)C(F)(F)F.Cl.Cl. The summed E-state index contributed by atoms with van der Waals surface area (Å²) in [7, 11) is 0. The predicted molar refractivity (Wildman–Crippen MR) is 110 cm³/mol. The first-order chi connectivity index (χ1) is 11.7. The van der Waals surface area contributed by atoms with Crippen molar-refractivity contribution in [1.82, 2.24) is 10.6 Å². The highest BCUT2D eigenvalue weighted by molar-refractivity contribution is 7.80. The van der Waals surface area contributed by atoms with Gasteiger partial charge in [0.2, 0.25) is 0 Å². The van der Waals surface area contributed by atoms with Gasteiger partial charge in [0.05, 0.1) is 6.17 Å². The Bertz CT molecular complexity index is 674. The van der Waals surface area contributed by atoms with Crippen molar-refractivity contribution in [3.05, 3.63) is 23.8 Å². The lowest BCUT2D eigenvalue weighted by atomic mass is 10.1. The number of ether oxygens (including phenoxy) is 1. The van der Waals surface area contributed by atoms with Crippen molar-refractivity contribution in [3.63, 3.8) is 0 Å². The summed E-state index contributed by atoms with van der Waals surface area (Å²) < 4.78 is 43.4. The Balaban J connectivity index is 0.00000338. The van der Waals surface area contributed by atoms with Crippen LogP contribution in [-0.4, -0.2) is 29.3 Å². The van der Waals surface area contributed by atoms with Crippen LogP contribution in [0.25, 0.3) is 0 Å². The number of nitrogens with zero attached hydrogens (tertiary/aromatic N) is 1. The lowest BCUT2D eigenvalue weighted by Gasteiger charge is -2.23. The van der Waals surface area contributed by atoms with Crippen LogP contribution < -0.4 is 21.1 Å². The number of alkyl halides is 3. The molecule has 2 atom stereocenters. The maximum Gasteiger partial charge on any atom is 0.441 e. The number of aliphatic imine (C=N–C) groups is 1. The molecule has 1 aromatic carbocycles. The number of hydrogen-bond donors (Lipinski definition) is 3. The zero-order valence-electron chi connectivity index (χ0n) is 14.8. The quantitative estimate of drug-likeness (QED) is 0.455. The third-order valence-electron chi connectivity index (χ3n) is 3.69. The fourth-order valence-corrected chi connectivity index (χ4v) is 2.48. The van der Waals surface area contributed by atoms with Crippen LogP contribution in [0.15, 0.2) is 23.2 Å². The van der Waals surface area contributed by atoms with E-state index in [4.69, 9.17) is 10.5 Å². The average molecular weight is 447 g/mol. The van der Waals surface area contributed by atoms with E-state index in [1.54, 1.807) is 12.1 Å². The van der Waals surface area contributed by atoms with Crippen LogP contribution in [0.3, 0.4) is 0 Å². The van der Waals surface area contributed by atoms with Crippen LogP contribution >= 0.6 is 37.0 Å². The number of amidine groups is 1. The molecule has 0 saturated heterocycles. The number of nitrogens with one attached hydrogen (secondary N) is 2. The standard InChI is InChI=1S/C16H21F3N4OS.2ClH/c1-3-4-13(23-15(25)16(17,18)19)21-8-10-5-6-12-11(7-10)22-14(20)9(2)24-12;;/h5-7,9,13,21H,3-4,8H2,1-2H3,(H2,20,22)(H,23,25);2*1H. The molecule has 5 nitrogen and oxygen atoms in total. The minimum absolute atomic E-state index is 0. The second-order valence-corrected chi connectivity index (χ2v) is 6.20. The molecular weight excluding hydrogens is 424 g/mol. The predicted octanol–water partition coefficient (Wildman–Crippen LogP) is 3.99. The van der Waals surface area contributed by atoms with Crippen molar-refractivity contribution in [3.8, 4) is 5.75 Å². The summed E-state index contributed by atoms with van der Waals surface area (Å²) in [5.74, 6) is 1.02. The van der Waals surface area contributed by atoms with Gasteiger partial charge in [0.1, 0.15) is 17.3 Å². The number of thiocarbonyl (C=S) groups is 1. The van der Waals surface area contributed by atoms with E-state index >= 15 is 0 Å². The topological polar surface area (TPSA) is 71.7 Å². The molecule has 4 N–H and O–H groups in total. The molecular formula is C16H23Cl2F3N4OS. The molecule has 154 valence electrons. The number of rotatable bonds is 6. The van der Waals surface area contributed by atoms with Crippen molar-refractivity contribution >= 4 is 53.5 Å². The third-order valence-corrected chi connectivity index (χ3v) is 4.04. The summed E-state index contributed by atoms with van der Waals surface area (Å²) in [5, 5.41) is 5.37. The fourth-order valence-electron chi connectivity index (χ4n) is 2.34. The molecule has 0 spiro atoms. The highest BCUT2D eigenvalue weighted by Crippen LogP contribution is 2.32. The number of benzene rings is 1. The van der Waals surface area contributed by atoms with Gasteiger partial charge in [-0.05, 0) is 31.0 Å². The van der Waals surface area contributed by atoms with Crippen LogP contribution in [0.4, 0.5) is 18.9 Å². The number of hydrogen-bond acceptors (Lipinski definition) is 5. The summed E-state index contributed by atoms with van der Waals surface area (Å²) in [4.78, 5) is 3.17. The van der Waals surface area contributed by atoms with E-state index in [0.29, 0.717) is 36.7 Å². The molecule has 1 aromatic rings. The highest BCUT2D eigenvalue weighted by Gasteiger charge is 2.35. The average Bonchev–Trinajstić information content (AvgIpc) is 2.53. The third kappa shape index (κ3) is 7.33. The second-order valence-electron chi connectivity index (χ2n) is 5.79. The first-order valence-electron chi connectivity index (χ1n) is 7.95. The van der Waals surface area contributed by atoms with Crippen LogP contribution in [0.2, 0.25) is 0 Å². The monoisotopic (exact) mass is 446 g/mol. The summed E-state index contributed by atoms with van der Waals surface area (Å²) in [6.45, 7) is 4.06. The van der Waals surface area contributed by atoms with Gasteiger partial charge in [-0.3, -0.25) is 5.32 Å². The van der Waals surface area contributed by atoms with Crippen LogP contribution in [0.5, 0.6) is 5.75 Å². The number of fused-ring (bicyclic) bond motifs is 1. The van der Waals surface area contributed by atoms with E-state index in [-0.39, 0.29) is 30.9 Å². The first-order valence-corrected chi connectivity index (χ1v) is 8.36. The van der Waals surface area contributed by atoms with E-state index in [1.165, 1.54) is 0 Å². The van der Waals surface area contributed by atoms with E-state index in [0.717, 1.165) is 5.56 Å². The molecule has 0 radical (unpaired) electrons. The van der Waals surface area contributed by atoms with Crippen LogP contribution in [0.1, 0.15) is 32.3 Å². The molecule has 1 heterocycles. The molecule has 0 fully saturated rings. The Kier molecular flexibility index (Phi) is 10.4. The Labute approximate surface area is 174 Å². The molecule has 0 aliphatic carbocycles. The van der Waals surface area contributed by atoms with Gasteiger partial charge in [0.15, 0.2) is 11.1 Å². The summed E-state index contributed by atoms with van der Waals surface area (Å²) >= 11 is 4.39. The maximum absolute atomic E-state index is 12.6. The lowest BCUT2D eigenvalue weighted by Crippen LogP contribution is -2.48. The molecule has 0 bridgehead atoms. The first kappa shape index (κ1) is 25.7. The molecule has 0 saturated carbocycles. The Morgan fingerprint density at radius 1 is 1.37 bits per heavy atom. The molecule has 27 heavy (non-hydrogen) atoms. The normalized spacial score (nSPS) is 16.6. The van der Waals surface area contributed by atoms with Crippen molar-refractivity contribution < 1.29 is 17.9 Å². The molecule has 2 unspecified atom stereocenters. The largest absolute Gasteiger partial charge is 0.481 e. The van der Waals surface area contributed by atoms with Crippen molar-refractivity contribution in [1.29, 1.82) is 0 Å². The Morgan fingerprint density at radius 3 is 2.63 bits per heavy atom. The van der Waals surface area contributed by atoms with Gasteiger partial charge in [0.25, 0.3) is 0 Å². The van der Waals surface area contributed by atoms with E-state index in [9.17, 15) is 13.2 Å². The minimum atomic E-state index is -4.53. The Morgan fingerprint density at radius 2 is 2.04 bits per heavy atom. The minimum Gasteiger partial charge on any atom is -0.481 e. The van der Waals surface area contributed by atoms with Crippen LogP contribution in [0, 0.1) is 0 Å². The van der Waals surface area contributed by atoms with E-state index in [2.05, 4.69) is 27.8 Å². The molecule has 2 rings (SSSR count). The van der Waals surface area contributed by atoms with Gasteiger partial charge in [-0.1, -0.05) is 31.6 Å². The number of nitrogens with two attached hydrogens (primary N) is 1. The maximum atomic E-state index is 12.6. The molecule has 1 aliphatic rings. The van der Waals surface area contributed by atoms with Gasteiger partial charge < -0.3 is 15.8 Å². The van der Waals surface area contributed by atoms with Crippen LogP contribution in [-0.2, 0) is 6.54 Å². The summed E-state index contributed by atoms with van der Waals surface area (Å²) in [6, 6.07) is 5.41. The second kappa shape index (κ2) is 10.9. The van der Waals surface area contributed by atoms with Gasteiger partial charge in [-0.2, -0.15) is 13.2 Å². The van der Waals surface area contributed by atoms with Gasteiger partial charge in [-0.25, -0.2) is 4.99 Å². The smallest absolute Gasteiger partial charge is 0.441 e. The summed E-state index contributed by atoms with van der Waals surface area (Å²) in [6.07, 6.45) is -4.16. The molecule has 0 aromatic heterocycles. The van der Waals surface area contributed by atoms with Crippen molar-refractivity contribution in [2.75, 3.05) is 0 Å². The lowest BCUT2D eigenvalue weighted by molar-refractivity contribution is -0.0599. The summed E-state index contributed by atoms with van der Waals surface area (Å²) in [5.41, 5.74) is 7.25. The van der Waals surface area contributed by atoms with E-state index < -0.39 is 17.3 Å².